The molecule has 19 heavy (non-hydrogen) atoms. The molecule has 0 saturated heterocycles. The summed E-state index contributed by atoms with van der Waals surface area (Å²) in [6.07, 6.45) is 3.70. The molecule has 0 amide bonds. The minimum atomic E-state index is 0.129. The summed E-state index contributed by atoms with van der Waals surface area (Å²) in [4.78, 5) is 8.83. The molecule has 0 spiro atoms. The van der Waals surface area contributed by atoms with E-state index in [4.69, 9.17) is 0 Å². The van der Waals surface area contributed by atoms with Crippen LogP contribution < -0.4 is 5.32 Å². The van der Waals surface area contributed by atoms with Crippen molar-refractivity contribution >= 4 is 11.3 Å². The number of hydrogen-bond donors (Lipinski definition) is 1. The molecule has 0 unspecified atom stereocenters. The van der Waals surface area contributed by atoms with Gasteiger partial charge in [0.1, 0.15) is 5.01 Å². The fourth-order valence-corrected chi connectivity index (χ4v) is 2.70. The standard InChI is InChI=1S/C15H21N3S/c1-11(12-6-5-7-16-8-12)17-9-14-18-13(10-19-14)15(2,3)4/h5-8,10-11,17H,9H2,1-4H3/t11-/m1/s1. The van der Waals surface area contributed by atoms with E-state index in [1.807, 2.05) is 12.3 Å². The number of aromatic nitrogens is 2. The molecule has 102 valence electrons. The highest BCUT2D eigenvalue weighted by molar-refractivity contribution is 7.09. The maximum Gasteiger partial charge on any atom is 0.107 e. The highest BCUT2D eigenvalue weighted by Crippen LogP contribution is 2.24. The largest absolute Gasteiger partial charge is 0.304 e. The van der Waals surface area contributed by atoms with E-state index in [1.54, 1.807) is 17.5 Å². The lowest BCUT2D eigenvalue weighted by atomic mass is 9.93. The van der Waals surface area contributed by atoms with E-state index in [0.717, 1.165) is 11.6 Å². The molecule has 4 heteroatoms. The van der Waals surface area contributed by atoms with Crippen molar-refractivity contribution in [1.29, 1.82) is 0 Å². The van der Waals surface area contributed by atoms with Gasteiger partial charge in [0.05, 0.1) is 5.69 Å². The van der Waals surface area contributed by atoms with E-state index in [2.05, 4.69) is 54.4 Å². The van der Waals surface area contributed by atoms with Gasteiger partial charge in [-0.3, -0.25) is 4.98 Å². The molecule has 0 saturated carbocycles. The van der Waals surface area contributed by atoms with Crippen LogP contribution in [0.5, 0.6) is 0 Å². The van der Waals surface area contributed by atoms with E-state index >= 15 is 0 Å². The van der Waals surface area contributed by atoms with Crippen LogP contribution in [-0.2, 0) is 12.0 Å². The monoisotopic (exact) mass is 275 g/mol. The smallest absolute Gasteiger partial charge is 0.107 e. The highest BCUT2D eigenvalue weighted by Gasteiger charge is 2.17. The molecule has 1 N–H and O–H groups in total. The van der Waals surface area contributed by atoms with Crippen LogP contribution in [0.15, 0.2) is 29.9 Å². The summed E-state index contributed by atoms with van der Waals surface area (Å²) < 4.78 is 0. The van der Waals surface area contributed by atoms with Crippen molar-refractivity contribution in [3.05, 3.63) is 46.2 Å². The third kappa shape index (κ3) is 3.85. The van der Waals surface area contributed by atoms with Crippen LogP contribution in [0.3, 0.4) is 0 Å². The first kappa shape index (κ1) is 14.2. The van der Waals surface area contributed by atoms with E-state index in [0.29, 0.717) is 0 Å². The first-order chi connectivity index (χ1) is 8.97. The summed E-state index contributed by atoms with van der Waals surface area (Å²) in [7, 11) is 0. The first-order valence-electron chi connectivity index (χ1n) is 6.55. The Morgan fingerprint density at radius 2 is 2.16 bits per heavy atom. The summed E-state index contributed by atoms with van der Waals surface area (Å²) in [5.74, 6) is 0. The molecule has 1 atom stereocenters. The Morgan fingerprint density at radius 1 is 1.37 bits per heavy atom. The Labute approximate surface area is 119 Å². The Hall–Kier alpha value is -1.26. The maximum absolute atomic E-state index is 4.69. The molecule has 0 aliphatic rings. The Morgan fingerprint density at radius 3 is 2.74 bits per heavy atom. The maximum atomic E-state index is 4.69. The fraction of sp³-hybridized carbons (Fsp3) is 0.467. The minimum absolute atomic E-state index is 0.129. The molecule has 3 nitrogen and oxygen atoms in total. The van der Waals surface area contributed by atoms with Crippen LogP contribution in [0.1, 0.15) is 50.0 Å². The normalized spacial score (nSPS) is 13.5. The van der Waals surface area contributed by atoms with Crippen LogP contribution in [0.4, 0.5) is 0 Å². The minimum Gasteiger partial charge on any atom is -0.304 e. The number of nitrogens with zero attached hydrogens (tertiary/aromatic N) is 2. The number of thiazole rings is 1. The van der Waals surface area contributed by atoms with Crippen LogP contribution in [-0.4, -0.2) is 9.97 Å². The van der Waals surface area contributed by atoms with Crippen LogP contribution in [0.2, 0.25) is 0 Å². The Bertz CT molecular complexity index is 514. The van der Waals surface area contributed by atoms with E-state index in [9.17, 15) is 0 Å². The number of hydrogen-bond acceptors (Lipinski definition) is 4. The van der Waals surface area contributed by atoms with Gasteiger partial charge >= 0.3 is 0 Å². The van der Waals surface area contributed by atoms with E-state index in [1.165, 1.54) is 11.3 Å². The lowest BCUT2D eigenvalue weighted by molar-refractivity contribution is 0.553. The molecule has 0 aliphatic carbocycles. The van der Waals surface area contributed by atoms with Gasteiger partial charge in [-0.25, -0.2) is 4.98 Å². The van der Waals surface area contributed by atoms with Crippen LogP contribution in [0.25, 0.3) is 0 Å². The van der Waals surface area contributed by atoms with Gasteiger partial charge in [0.25, 0.3) is 0 Å². The summed E-state index contributed by atoms with van der Waals surface area (Å²) in [5, 5.41) is 6.79. The Balaban J connectivity index is 1.94. The highest BCUT2D eigenvalue weighted by atomic mass is 32.1. The van der Waals surface area contributed by atoms with Crippen LogP contribution >= 0.6 is 11.3 Å². The van der Waals surface area contributed by atoms with E-state index < -0.39 is 0 Å². The average Bonchev–Trinajstić information content (AvgIpc) is 2.86. The Kier molecular flexibility index (Phi) is 4.32. The summed E-state index contributed by atoms with van der Waals surface area (Å²) >= 11 is 1.72. The second-order valence-corrected chi connectivity index (χ2v) is 6.71. The predicted molar refractivity (Wildman–Crippen MR) is 80.3 cm³/mol. The second kappa shape index (κ2) is 5.80. The zero-order valence-corrected chi connectivity index (χ0v) is 12.8. The molecule has 2 aromatic rings. The van der Waals surface area contributed by atoms with Gasteiger partial charge in [-0.15, -0.1) is 11.3 Å². The van der Waals surface area contributed by atoms with Crippen molar-refractivity contribution < 1.29 is 0 Å². The first-order valence-corrected chi connectivity index (χ1v) is 7.43. The van der Waals surface area contributed by atoms with Gasteiger partial charge in [0.2, 0.25) is 0 Å². The van der Waals surface area contributed by atoms with Gasteiger partial charge < -0.3 is 5.32 Å². The molecule has 0 radical (unpaired) electrons. The molecule has 0 bridgehead atoms. The molecule has 2 heterocycles. The number of nitrogens with one attached hydrogen (secondary N) is 1. The van der Waals surface area contributed by atoms with Gasteiger partial charge in [0, 0.05) is 35.8 Å². The molecule has 0 aromatic carbocycles. The number of rotatable bonds is 4. The lowest BCUT2D eigenvalue weighted by Gasteiger charge is -2.15. The fourth-order valence-electron chi connectivity index (χ4n) is 1.73. The third-order valence-corrected chi connectivity index (χ3v) is 3.91. The molecular formula is C15H21N3S. The van der Waals surface area contributed by atoms with Crippen molar-refractivity contribution in [2.45, 2.75) is 45.7 Å². The summed E-state index contributed by atoms with van der Waals surface area (Å²) in [5.41, 5.74) is 2.50. The third-order valence-electron chi connectivity index (χ3n) is 3.06. The quantitative estimate of drug-likeness (QED) is 0.925. The topological polar surface area (TPSA) is 37.8 Å². The summed E-state index contributed by atoms with van der Waals surface area (Å²) in [6, 6.07) is 4.34. The van der Waals surface area contributed by atoms with Gasteiger partial charge in [0.15, 0.2) is 0 Å². The van der Waals surface area contributed by atoms with Crippen LogP contribution in [0, 0.1) is 0 Å². The van der Waals surface area contributed by atoms with Crippen molar-refractivity contribution in [2.75, 3.05) is 0 Å². The van der Waals surface area contributed by atoms with Crippen molar-refractivity contribution in [3.63, 3.8) is 0 Å². The molecule has 0 fully saturated rings. The average molecular weight is 275 g/mol. The predicted octanol–water partition coefficient (Wildman–Crippen LogP) is 3.69. The van der Waals surface area contributed by atoms with Gasteiger partial charge in [-0.2, -0.15) is 0 Å². The molecular weight excluding hydrogens is 254 g/mol. The second-order valence-electron chi connectivity index (χ2n) is 5.77. The SMILES string of the molecule is C[C@@H](NCc1nc(C(C)(C)C)cs1)c1cccnc1. The number of pyridine rings is 1. The molecule has 0 aliphatic heterocycles. The van der Waals surface area contributed by atoms with E-state index in [-0.39, 0.29) is 11.5 Å². The molecule has 2 aromatic heterocycles. The van der Waals surface area contributed by atoms with Gasteiger partial charge in [-0.1, -0.05) is 26.8 Å². The zero-order valence-electron chi connectivity index (χ0n) is 12.0. The summed E-state index contributed by atoms with van der Waals surface area (Å²) in [6.45, 7) is 9.53. The van der Waals surface area contributed by atoms with Gasteiger partial charge in [-0.05, 0) is 18.6 Å². The lowest BCUT2D eigenvalue weighted by Crippen LogP contribution is -2.18. The van der Waals surface area contributed by atoms with Crippen molar-refractivity contribution in [3.8, 4) is 0 Å². The van der Waals surface area contributed by atoms with Crippen molar-refractivity contribution in [2.24, 2.45) is 0 Å². The zero-order chi connectivity index (χ0) is 13.9. The molecule has 2 rings (SSSR count). The van der Waals surface area contributed by atoms with Crippen molar-refractivity contribution in [1.82, 2.24) is 15.3 Å².